The van der Waals surface area contributed by atoms with E-state index in [1.54, 1.807) is 6.33 Å². The van der Waals surface area contributed by atoms with Gasteiger partial charge in [-0.05, 0) is 25.8 Å². The Kier molecular flexibility index (Phi) is 2.84. The molecule has 1 aliphatic heterocycles. The Morgan fingerprint density at radius 3 is 2.94 bits per heavy atom. The van der Waals surface area contributed by atoms with Crippen LogP contribution in [0.15, 0.2) is 12.4 Å². The summed E-state index contributed by atoms with van der Waals surface area (Å²) in [5.41, 5.74) is 0. The molecule has 0 bridgehead atoms. The van der Waals surface area contributed by atoms with Gasteiger partial charge in [0.25, 0.3) is 0 Å². The molecule has 5 heteroatoms. The Balaban J connectivity index is 1.71. The van der Waals surface area contributed by atoms with E-state index < -0.39 is 0 Å². The third-order valence-corrected chi connectivity index (χ3v) is 3.53. The average molecular weight is 233 g/mol. The normalized spacial score (nSPS) is 23.7. The van der Waals surface area contributed by atoms with Gasteiger partial charge in [0.15, 0.2) is 0 Å². The van der Waals surface area contributed by atoms with E-state index in [1.807, 2.05) is 0 Å². The molecule has 0 amide bonds. The highest BCUT2D eigenvalue weighted by atomic mass is 15.2. The van der Waals surface area contributed by atoms with Crippen LogP contribution in [0.1, 0.15) is 19.3 Å². The maximum Gasteiger partial charge on any atom is 0.134 e. The number of rotatable bonds is 4. The van der Waals surface area contributed by atoms with Crippen LogP contribution in [-0.4, -0.2) is 42.2 Å². The molecule has 1 saturated carbocycles. The molecule has 1 aliphatic carbocycles. The zero-order chi connectivity index (χ0) is 11.7. The SMILES string of the molecule is CN(c1cc(NC2CC2)ncn1)C1CCNC1. The highest BCUT2D eigenvalue weighted by molar-refractivity contribution is 5.49. The first-order chi connectivity index (χ1) is 8.33. The van der Waals surface area contributed by atoms with Gasteiger partial charge >= 0.3 is 0 Å². The number of hydrogen-bond acceptors (Lipinski definition) is 5. The highest BCUT2D eigenvalue weighted by Crippen LogP contribution is 2.25. The maximum absolute atomic E-state index is 4.36. The first-order valence-electron chi connectivity index (χ1n) is 6.35. The number of nitrogens with zero attached hydrogens (tertiary/aromatic N) is 3. The van der Waals surface area contributed by atoms with Crippen molar-refractivity contribution in [3.8, 4) is 0 Å². The van der Waals surface area contributed by atoms with Crippen molar-refractivity contribution < 1.29 is 0 Å². The van der Waals surface area contributed by atoms with Crippen molar-refractivity contribution in [2.24, 2.45) is 0 Å². The maximum atomic E-state index is 4.36. The molecule has 0 spiro atoms. The van der Waals surface area contributed by atoms with Crippen LogP contribution in [0.25, 0.3) is 0 Å². The fourth-order valence-electron chi connectivity index (χ4n) is 2.21. The highest BCUT2D eigenvalue weighted by Gasteiger charge is 2.23. The van der Waals surface area contributed by atoms with Gasteiger partial charge in [-0.25, -0.2) is 9.97 Å². The van der Waals surface area contributed by atoms with Crippen LogP contribution in [0.5, 0.6) is 0 Å². The van der Waals surface area contributed by atoms with Crippen molar-refractivity contribution in [3.05, 3.63) is 12.4 Å². The third-order valence-electron chi connectivity index (χ3n) is 3.53. The smallest absolute Gasteiger partial charge is 0.134 e. The van der Waals surface area contributed by atoms with E-state index in [0.29, 0.717) is 12.1 Å². The molecular weight excluding hydrogens is 214 g/mol. The first-order valence-corrected chi connectivity index (χ1v) is 6.35. The van der Waals surface area contributed by atoms with E-state index in [9.17, 15) is 0 Å². The van der Waals surface area contributed by atoms with Crippen molar-refractivity contribution in [2.75, 3.05) is 30.4 Å². The van der Waals surface area contributed by atoms with Crippen LogP contribution in [0.2, 0.25) is 0 Å². The Bertz CT molecular complexity index is 384. The van der Waals surface area contributed by atoms with E-state index >= 15 is 0 Å². The van der Waals surface area contributed by atoms with Gasteiger partial charge in [-0.3, -0.25) is 0 Å². The topological polar surface area (TPSA) is 53.1 Å². The number of likely N-dealkylation sites (N-methyl/N-ethyl adjacent to an activating group) is 1. The predicted octanol–water partition coefficient (Wildman–Crippen LogP) is 0.849. The summed E-state index contributed by atoms with van der Waals surface area (Å²) in [6.07, 6.45) is 5.37. The summed E-state index contributed by atoms with van der Waals surface area (Å²) in [4.78, 5) is 10.9. The van der Waals surface area contributed by atoms with Gasteiger partial charge in [0.2, 0.25) is 0 Å². The largest absolute Gasteiger partial charge is 0.367 e. The van der Waals surface area contributed by atoms with Crippen LogP contribution < -0.4 is 15.5 Å². The van der Waals surface area contributed by atoms with E-state index in [4.69, 9.17) is 0 Å². The number of hydrogen-bond donors (Lipinski definition) is 2. The van der Waals surface area contributed by atoms with Gasteiger partial charge in [0.1, 0.15) is 18.0 Å². The van der Waals surface area contributed by atoms with Crippen LogP contribution >= 0.6 is 0 Å². The molecule has 1 saturated heterocycles. The van der Waals surface area contributed by atoms with E-state index in [-0.39, 0.29) is 0 Å². The summed E-state index contributed by atoms with van der Waals surface area (Å²) in [6.45, 7) is 2.15. The van der Waals surface area contributed by atoms with E-state index in [1.165, 1.54) is 19.3 Å². The Hall–Kier alpha value is -1.36. The summed E-state index contributed by atoms with van der Waals surface area (Å²) in [5.74, 6) is 1.96. The molecule has 2 aliphatic rings. The second-order valence-electron chi connectivity index (χ2n) is 4.94. The molecule has 1 atom stereocenters. The summed E-state index contributed by atoms with van der Waals surface area (Å²) in [5, 5.41) is 6.79. The van der Waals surface area contributed by atoms with Crippen molar-refractivity contribution in [1.29, 1.82) is 0 Å². The summed E-state index contributed by atoms with van der Waals surface area (Å²) < 4.78 is 0. The quantitative estimate of drug-likeness (QED) is 0.807. The fourth-order valence-corrected chi connectivity index (χ4v) is 2.21. The van der Waals surface area contributed by atoms with Gasteiger partial charge in [0, 0.05) is 31.7 Å². The minimum atomic E-state index is 0.554. The lowest BCUT2D eigenvalue weighted by molar-refractivity contribution is 0.677. The van der Waals surface area contributed by atoms with Gasteiger partial charge in [-0.15, -0.1) is 0 Å². The van der Waals surface area contributed by atoms with Crippen LogP contribution in [0, 0.1) is 0 Å². The van der Waals surface area contributed by atoms with Crippen LogP contribution in [0.3, 0.4) is 0 Å². The van der Waals surface area contributed by atoms with Crippen LogP contribution in [-0.2, 0) is 0 Å². The third kappa shape index (κ3) is 2.49. The molecule has 0 aromatic carbocycles. The molecule has 2 N–H and O–H groups in total. The molecule has 1 aromatic rings. The summed E-state index contributed by atoms with van der Waals surface area (Å²) in [6, 6.07) is 3.24. The standard InChI is InChI=1S/C12H19N5/c1-17(10-4-5-13-7-10)12-6-11(14-8-15-12)16-9-2-3-9/h6,8-10,13H,2-5,7H2,1H3,(H,14,15,16). The first kappa shape index (κ1) is 10.8. The number of anilines is 2. The molecule has 1 aromatic heterocycles. The lowest BCUT2D eigenvalue weighted by Gasteiger charge is -2.24. The fraction of sp³-hybridized carbons (Fsp3) is 0.667. The summed E-state index contributed by atoms with van der Waals surface area (Å²) >= 11 is 0. The Morgan fingerprint density at radius 2 is 2.24 bits per heavy atom. The molecule has 92 valence electrons. The number of aromatic nitrogens is 2. The predicted molar refractivity (Wildman–Crippen MR) is 68.4 cm³/mol. The van der Waals surface area contributed by atoms with E-state index in [0.717, 1.165) is 24.7 Å². The van der Waals surface area contributed by atoms with Crippen molar-refractivity contribution in [1.82, 2.24) is 15.3 Å². The molecule has 2 heterocycles. The number of nitrogens with one attached hydrogen (secondary N) is 2. The Morgan fingerprint density at radius 1 is 1.35 bits per heavy atom. The van der Waals surface area contributed by atoms with Crippen molar-refractivity contribution >= 4 is 11.6 Å². The minimum absolute atomic E-state index is 0.554. The van der Waals surface area contributed by atoms with Crippen LogP contribution in [0.4, 0.5) is 11.6 Å². The molecular formula is C12H19N5. The molecule has 2 fully saturated rings. The molecule has 0 radical (unpaired) electrons. The lowest BCUT2D eigenvalue weighted by atomic mass is 10.2. The molecule has 5 nitrogen and oxygen atoms in total. The van der Waals surface area contributed by atoms with Crippen molar-refractivity contribution in [2.45, 2.75) is 31.3 Å². The van der Waals surface area contributed by atoms with Gasteiger partial charge in [0.05, 0.1) is 0 Å². The summed E-state index contributed by atoms with van der Waals surface area (Å²) in [7, 11) is 2.11. The second kappa shape index (κ2) is 4.49. The van der Waals surface area contributed by atoms with Gasteiger partial charge in [-0.2, -0.15) is 0 Å². The zero-order valence-electron chi connectivity index (χ0n) is 10.2. The average Bonchev–Trinajstić information content (AvgIpc) is 2.99. The molecule has 17 heavy (non-hydrogen) atoms. The van der Waals surface area contributed by atoms with E-state index in [2.05, 4.69) is 38.6 Å². The zero-order valence-corrected chi connectivity index (χ0v) is 10.2. The lowest BCUT2D eigenvalue weighted by Crippen LogP contribution is -2.34. The van der Waals surface area contributed by atoms with Gasteiger partial charge < -0.3 is 15.5 Å². The second-order valence-corrected chi connectivity index (χ2v) is 4.94. The minimum Gasteiger partial charge on any atom is -0.367 e. The molecule has 3 rings (SSSR count). The Labute approximate surface area is 102 Å². The monoisotopic (exact) mass is 233 g/mol. The van der Waals surface area contributed by atoms with Gasteiger partial charge in [-0.1, -0.05) is 0 Å². The molecule has 1 unspecified atom stereocenters. The van der Waals surface area contributed by atoms with Crippen molar-refractivity contribution in [3.63, 3.8) is 0 Å².